The lowest BCUT2D eigenvalue weighted by Crippen LogP contribution is -3.12. The molecule has 7 nitrogen and oxygen atoms in total. The molecule has 4 aromatic rings. The van der Waals surface area contributed by atoms with Gasteiger partial charge in [0.15, 0.2) is 11.5 Å². The first-order chi connectivity index (χ1) is 20.4. The minimum absolute atomic E-state index is 0.229. The van der Waals surface area contributed by atoms with Crippen molar-refractivity contribution in [2.75, 3.05) is 27.4 Å². The highest BCUT2D eigenvalue weighted by molar-refractivity contribution is 5.78. The number of quaternary nitrogens is 1. The topological polar surface area (TPSA) is 75.2 Å². The molecule has 1 N–H and O–H groups in total. The number of rotatable bonds is 10. The summed E-state index contributed by atoms with van der Waals surface area (Å²) < 4.78 is 36.4. The van der Waals surface area contributed by atoms with Crippen molar-refractivity contribution in [3.63, 3.8) is 0 Å². The van der Waals surface area contributed by atoms with E-state index in [1.807, 2.05) is 25.1 Å². The number of likely N-dealkylation sites (tertiary alicyclic amines) is 1. The molecular weight excluding hydrogens is 535 g/mol. The van der Waals surface area contributed by atoms with Gasteiger partial charge >= 0.3 is 5.97 Å². The maximum absolute atomic E-state index is 13.6. The molecule has 42 heavy (non-hydrogen) atoms. The number of ether oxygens (including phenoxy) is 3. The van der Waals surface area contributed by atoms with Crippen LogP contribution < -0.4 is 14.4 Å². The van der Waals surface area contributed by atoms with Crippen LogP contribution >= 0.6 is 0 Å². The summed E-state index contributed by atoms with van der Waals surface area (Å²) in [6.07, 6.45) is 4.62. The number of hydrogen-bond donors (Lipinski definition) is 1. The maximum Gasteiger partial charge on any atom is 0.309 e. The van der Waals surface area contributed by atoms with E-state index in [0.29, 0.717) is 24.5 Å². The van der Waals surface area contributed by atoms with E-state index in [9.17, 15) is 9.18 Å². The zero-order chi connectivity index (χ0) is 29.2. The third kappa shape index (κ3) is 5.73. The van der Waals surface area contributed by atoms with Crippen LogP contribution in [-0.2, 0) is 28.9 Å². The lowest BCUT2D eigenvalue weighted by molar-refractivity contribution is -0.927. The number of fused-ring (bicyclic) bond motifs is 2. The van der Waals surface area contributed by atoms with E-state index in [2.05, 4.69) is 12.1 Å². The van der Waals surface area contributed by atoms with Crippen molar-refractivity contribution in [2.45, 2.75) is 51.6 Å². The number of benzene rings is 3. The fraction of sp³-hybridized carbons (Fsp3) is 0.412. The molecule has 2 aliphatic rings. The van der Waals surface area contributed by atoms with Crippen molar-refractivity contribution in [2.24, 2.45) is 11.8 Å². The zero-order valence-corrected chi connectivity index (χ0v) is 24.5. The summed E-state index contributed by atoms with van der Waals surface area (Å²) in [4.78, 5) is 18.1. The number of aromatic nitrogens is 1. The van der Waals surface area contributed by atoms with Crippen LogP contribution in [-0.4, -0.2) is 44.4 Å². The van der Waals surface area contributed by atoms with E-state index in [0.717, 1.165) is 64.7 Å². The second-order valence-electron chi connectivity index (χ2n) is 11.5. The van der Waals surface area contributed by atoms with E-state index in [1.165, 1.54) is 44.1 Å². The molecule has 1 aliphatic heterocycles. The summed E-state index contributed by atoms with van der Waals surface area (Å²) >= 11 is 0. The summed E-state index contributed by atoms with van der Waals surface area (Å²) in [5.41, 5.74) is 5.34. The van der Waals surface area contributed by atoms with Gasteiger partial charge in [0.05, 0.1) is 45.4 Å². The van der Waals surface area contributed by atoms with Crippen LogP contribution in [0.5, 0.6) is 11.5 Å². The number of esters is 1. The van der Waals surface area contributed by atoms with Gasteiger partial charge in [0.2, 0.25) is 0 Å². The molecule has 2 unspecified atom stereocenters. The molecule has 1 saturated heterocycles. The van der Waals surface area contributed by atoms with Crippen LogP contribution in [0.3, 0.4) is 0 Å². The largest absolute Gasteiger partial charge is 0.496 e. The van der Waals surface area contributed by atoms with Gasteiger partial charge in [0.1, 0.15) is 29.4 Å². The Bertz CT molecular complexity index is 1570. The van der Waals surface area contributed by atoms with Gasteiger partial charge in [-0.3, -0.25) is 4.79 Å². The Kier molecular flexibility index (Phi) is 8.16. The number of halogens is 1. The highest BCUT2D eigenvalue weighted by atomic mass is 19.1. The molecule has 0 spiro atoms. The van der Waals surface area contributed by atoms with Crippen LogP contribution in [0.4, 0.5) is 4.39 Å². The van der Waals surface area contributed by atoms with Gasteiger partial charge in [0.25, 0.3) is 0 Å². The molecule has 1 aliphatic carbocycles. The van der Waals surface area contributed by atoms with E-state index in [4.69, 9.17) is 23.6 Å². The molecule has 1 aromatic heterocycles. The molecule has 2 fully saturated rings. The third-order valence-electron chi connectivity index (χ3n) is 9.01. The summed E-state index contributed by atoms with van der Waals surface area (Å²) in [6.45, 7) is 4.54. The highest BCUT2D eigenvalue weighted by Gasteiger charge is 2.47. The molecule has 3 aromatic carbocycles. The van der Waals surface area contributed by atoms with Crippen LogP contribution in [0.1, 0.15) is 43.2 Å². The number of carbonyl (C=O) groups is 1. The Morgan fingerprint density at radius 2 is 1.83 bits per heavy atom. The molecule has 8 heteroatoms. The minimum Gasteiger partial charge on any atom is -0.496 e. The third-order valence-corrected chi connectivity index (χ3v) is 9.01. The van der Waals surface area contributed by atoms with Gasteiger partial charge in [-0.15, -0.1) is 0 Å². The lowest BCUT2D eigenvalue weighted by atomic mass is 9.90. The summed E-state index contributed by atoms with van der Waals surface area (Å²) in [7, 11) is 3.07. The fourth-order valence-corrected chi connectivity index (χ4v) is 7.13. The molecule has 2 heterocycles. The second-order valence-corrected chi connectivity index (χ2v) is 11.5. The molecule has 0 bridgehead atoms. The van der Waals surface area contributed by atoms with Crippen LogP contribution in [0.2, 0.25) is 0 Å². The van der Waals surface area contributed by atoms with Crippen molar-refractivity contribution >= 4 is 17.1 Å². The first-order valence-corrected chi connectivity index (χ1v) is 14.8. The Labute approximate surface area is 245 Å². The summed E-state index contributed by atoms with van der Waals surface area (Å²) in [6, 6.07) is 17.0. The van der Waals surface area contributed by atoms with Gasteiger partial charge < -0.3 is 23.5 Å². The maximum atomic E-state index is 13.6. The van der Waals surface area contributed by atoms with Crippen molar-refractivity contribution in [1.29, 1.82) is 0 Å². The number of hydrogen-bond acceptors (Lipinski definition) is 6. The summed E-state index contributed by atoms with van der Waals surface area (Å²) in [5, 5.41) is 0. The highest BCUT2D eigenvalue weighted by Crippen LogP contribution is 2.41. The first kappa shape index (κ1) is 28.2. The molecule has 4 atom stereocenters. The smallest absolute Gasteiger partial charge is 0.309 e. The molecular formula is C34H38FN2O5+. The average molecular weight is 574 g/mol. The number of methoxy groups -OCH3 is 2. The number of nitrogens with one attached hydrogen (secondary N) is 1. The number of nitrogens with zero attached hydrogens (tertiary/aromatic N) is 1. The lowest BCUT2D eigenvalue weighted by Gasteiger charge is -2.23. The first-order valence-electron chi connectivity index (χ1n) is 14.8. The van der Waals surface area contributed by atoms with Crippen molar-refractivity contribution in [3.8, 4) is 22.6 Å². The Balaban J connectivity index is 1.16. The van der Waals surface area contributed by atoms with Crippen molar-refractivity contribution < 1.29 is 32.7 Å². The predicted molar refractivity (Wildman–Crippen MR) is 157 cm³/mol. The standard InChI is InChI=1S/C34H37FN2O5/c1-4-41-31-17-22(16-30(39-2)34(31)23-6-9-25(35)10-7-23)20-37-14-13-26-24(8-11-28(26)37)19-32-36-27-15-21(18-33(38)40-3)5-12-29(27)42-32/h5-7,9-10,12,15-17,24,26,28H,4,8,11,13-14,18-20H2,1-3H3/p+1/t24?,26-,28+/m0/s1. The Morgan fingerprint density at radius 3 is 2.60 bits per heavy atom. The van der Waals surface area contributed by atoms with Gasteiger partial charge in [-0.05, 0) is 73.2 Å². The van der Waals surface area contributed by atoms with E-state index < -0.39 is 0 Å². The van der Waals surface area contributed by atoms with Crippen molar-refractivity contribution in [3.05, 3.63) is 77.4 Å². The monoisotopic (exact) mass is 573 g/mol. The van der Waals surface area contributed by atoms with Crippen LogP contribution in [0.25, 0.3) is 22.2 Å². The molecule has 220 valence electrons. The molecule has 0 amide bonds. The predicted octanol–water partition coefficient (Wildman–Crippen LogP) is 5.18. The van der Waals surface area contributed by atoms with Gasteiger partial charge in [0, 0.05) is 24.3 Å². The van der Waals surface area contributed by atoms with Crippen LogP contribution in [0, 0.1) is 17.7 Å². The molecule has 6 rings (SSSR count). The van der Waals surface area contributed by atoms with E-state index in [1.54, 1.807) is 24.1 Å². The normalized spacial score (nSPS) is 21.4. The number of oxazole rings is 1. The van der Waals surface area contributed by atoms with Gasteiger partial charge in [-0.25, -0.2) is 9.37 Å². The Hall–Kier alpha value is -3.91. The second kappa shape index (κ2) is 12.1. The quantitative estimate of drug-likeness (QED) is 0.264. The molecule has 0 radical (unpaired) electrons. The average Bonchev–Trinajstić information content (AvgIpc) is 3.70. The molecule has 1 saturated carbocycles. The van der Waals surface area contributed by atoms with Gasteiger partial charge in [-0.1, -0.05) is 18.2 Å². The van der Waals surface area contributed by atoms with E-state index >= 15 is 0 Å². The Morgan fingerprint density at radius 1 is 1.02 bits per heavy atom. The SMILES string of the molecule is CCOc1cc(C[NH+]2CC[C@H]3C(Cc4nc5cc(CC(=O)OC)ccc5o4)CC[C@H]32)cc(OC)c1-c1ccc(F)cc1. The zero-order valence-electron chi connectivity index (χ0n) is 24.5. The van der Waals surface area contributed by atoms with Crippen molar-refractivity contribution in [1.82, 2.24) is 4.98 Å². The number of carbonyl (C=O) groups excluding carboxylic acids is 1. The minimum atomic E-state index is -0.268. The fourth-order valence-electron chi connectivity index (χ4n) is 7.13. The van der Waals surface area contributed by atoms with E-state index in [-0.39, 0.29) is 18.2 Å². The van der Waals surface area contributed by atoms with Gasteiger partial charge in [-0.2, -0.15) is 0 Å². The summed E-state index contributed by atoms with van der Waals surface area (Å²) in [5.74, 6) is 2.94. The van der Waals surface area contributed by atoms with Crippen LogP contribution in [0.15, 0.2) is 59.0 Å².